The summed E-state index contributed by atoms with van der Waals surface area (Å²) in [7, 11) is -0.704. The van der Waals surface area contributed by atoms with Crippen molar-refractivity contribution >= 4 is 15.9 Å². The molecule has 1 aliphatic heterocycles. The van der Waals surface area contributed by atoms with Crippen LogP contribution in [0, 0.1) is 0 Å². The van der Waals surface area contributed by atoms with E-state index in [2.05, 4.69) is 5.32 Å². The summed E-state index contributed by atoms with van der Waals surface area (Å²) in [5.41, 5.74) is 2.18. The van der Waals surface area contributed by atoms with E-state index in [0.29, 0.717) is 12.4 Å². The van der Waals surface area contributed by atoms with E-state index < -0.39 is 10.0 Å². The number of rotatable bonds is 7. The van der Waals surface area contributed by atoms with Gasteiger partial charge in [-0.05, 0) is 44.2 Å². The molecule has 0 bridgehead atoms. The second-order valence-electron chi connectivity index (χ2n) is 7.13. The van der Waals surface area contributed by atoms with Crippen LogP contribution in [0.4, 0.5) is 0 Å². The van der Waals surface area contributed by atoms with Crippen LogP contribution in [0.5, 0.6) is 11.5 Å². The van der Waals surface area contributed by atoms with Crippen molar-refractivity contribution in [2.75, 3.05) is 20.7 Å². The third-order valence-electron chi connectivity index (χ3n) is 4.69. The van der Waals surface area contributed by atoms with Gasteiger partial charge in [0.15, 0.2) is 0 Å². The minimum atomic E-state index is -3.61. The standard InChI is InChI=1S/C21H26N2O5S/c1-5-27-19-11-16-9-14(2)28-20(16)12-17(19)13-22-21(24)15-7-6-8-18(10-15)29(25,26)23(3)4/h6-8,10-12,14H,5,9,13H2,1-4H3,(H,22,24)/t14-/m0/s1. The number of hydrogen-bond acceptors (Lipinski definition) is 5. The summed E-state index contributed by atoms with van der Waals surface area (Å²) in [6.07, 6.45) is 0.945. The maximum Gasteiger partial charge on any atom is 0.251 e. The van der Waals surface area contributed by atoms with Crippen LogP contribution in [0.15, 0.2) is 41.3 Å². The Morgan fingerprint density at radius 3 is 2.72 bits per heavy atom. The van der Waals surface area contributed by atoms with Gasteiger partial charge in [-0.2, -0.15) is 0 Å². The highest BCUT2D eigenvalue weighted by molar-refractivity contribution is 7.89. The number of hydrogen-bond donors (Lipinski definition) is 1. The van der Waals surface area contributed by atoms with E-state index in [-0.39, 0.29) is 29.0 Å². The van der Waals surface area contributed by atoms with Gasteiger partial charge in [-0.25, -0.2) is 12.7 Å². The Kier molecular flexibility index (Phi) is 6.14. The third-order valence-corrected chi connectivity index (χ3v) is 6.50. The Morgan fingerprint density at radius 1 is 1.28 bits per heavy atom. The maximum absolute atomic E-state index is 12.6. The Morgan fingerprint density at radius 2 is 2.03 bits per heavy atom. The summed E-state index contributed by atoms with van der Waals surface area (Å²) < 4.78 is 37.3. The van der Waals surface area contributed by atoms with Crippen LogP contribution in [0.2, 0.25) is 0 Å². The summed E-state index contributed by atoms with van der Waals surface area (Å²) in [6, 6.07) is 9.85. The van der Waals surface area contributed by atoms with E-state index in [0.717, 1.165) is 27.6 Å². The first-order chi connectivity index (χ1) is 13.7. The molecule has 0 saturated heterocycles. The van der Waals surface area contributed by atoms with E-state index in [1.54, 1.807) is 12.1 Å². The monoisotopic (exact) mass is 418 g/mol. The highest BCUT2D eigenvalue weighted by Crippen LogP contribution is 2.35. The quantitative estimate of drug-likeness (QED) is 0.747. The Labute approximate surface area is 171 Å². The van der Waals surface area contributed by atoms with Gasteiger partial charge < -0.3 is 14.8 Å². The second-order valence-corrected chi connectivity index (χ2v) is 9.28. The van der Waals surface area contributed by atoms with E-state index in [9.17, 15) is 13.2 Å². The van der Waals surface area contributed by atoms with E-state index in [4.69, 9.17) is 9.47 Å². The van der Waals surface area contributed by atoms with Gasteiger partial charge in [0, 0.05) is 43.8 Å². The van der Waals surface area contributed by atoms with Crippen molar-refractivity contribution in [2.24, 2.45) is 0 Å². The van der Waals surface area contributed by atoms with Crippen molar-refractivity contribution in [2.45, 2.75) is 37.8 Å². The molecule has 0 aliphatic carbocycles. The zero-order chi connectivity index (χ0) is 21.2. The van der Waals surface area contributed by atoms with Crippen LogP contribution in [0.25, 0.3) is 0 Å². The molecule has 1 amide bonds. The number of benzene rings is 2. The lowest BCUT2D eigenvalue weighted by Gasteiger charge is -2.14. The first-order valence-corrected chi connectivity index (χ1v) is 10.9. The molecule has 0 saturated carbocycles. The molecule has 0 spiro atoms. The highest BCUT2D eigenvalue weighted by Gasteiger charge is 2.22. The van der Waals surface area contributed by atoms with Crippen molar-refractivity contribution < 1.29 is 22.7 Å². The Bertz CT molecular complexity index is 1020. The van der Waals surface area contributed by atoms with E-state index in [1.807, 2.05) is 26.0 Å². The zero-order valence-corrected chi connectivity index (χ0v) is 17.9. The molecule has 1 heterocycles. The number of carbonyl (C=O) groups is 1. The molecule has 8 heteroatoms. The van der Waals surface area contributed by atoms with Gasteiger partial charge in [-0.1, -0.05) is 6.07 Å². The predicted molar refractivity (Wildman–Crippen MR) is 110 cm³/mol. The maximum atomic E-state index is 12.6. The van der Waals surface area contributed by atoms with E-state index in [1.165, 1.54) is 26.2 Å². The lowest BCUT2D eigenvalue weighted by atomic mass is 10.1. The SMILES string of the molecule is CCOc1cc2c(cc1CNC(=O)c1cccc(S(=O)(=O)N(C)C)c1)O[C@@H](C)C2. The topological polar surface area (TPSA) is 84.9 Å². The molecule has 0 unspecified atom stereocenters. The van der Waals surface area contributed by atoms with Crippen molar-refractivity contribution in [3.63, 3.8) is 0 Å². The van der Waals surface area contributed by atoms with Gasteiger partial charge in [0.25, 0.3) is 5.91 Å². The molecule has 1 aliphatic rings. The molecule has 156 valence electrons. The van der Waals surface area contributed by atoms with Gasteiger partial charge in [0.2, 0.25) is 10.0 Å². The molecular weight excluding hydrogens is 392 g/mol. The zero-order valence-electron chi connectivity index (χ0n) is 17.1. The van der Waals surface area contributed by atoms with Gasteiger partial charge in [-0.15, -0.1) is 0 Å². The fraction of sp³-hybridized carbons (Fsp3) is 0.381. The fourth-order valence-electron chi connectivity index (χ4n) is 3.20. The summed E-state index contributed by atoms with van der Waals surface area (Å²) in [6.45, 7) is 4.67. The summed E-state index contributed by atoms with van der Waals surface area (Å²) in [4.78, 5) is 12.7. The first-order valence-electron chi connectivity index (χ1n) is 9.48. The van der Waals surface area contributed by atoms with Crippen LogP contribution in [0.1, 0.15) is 35.3 Å². The average Bonchev–Trinajstić information content (AvgIpc) is 3.05. The van der Waals surface area contributed by atoms with Crippen molar-refractivity contribution in [3.05, 3.63) is 53.1 Å². The minimum Gasteiger partial charge on any atom is -0.494 e. The van der Waals surface area contributed by atoms with Gasteiger partial charge >= 0.3 is 0 Å². The fourth-order valence-corrected chi connectivity index (χ4v) is 4.14. The largest absolute Gasteiger partial charge is 0.494 e. The number of sulfonamides is 1. The summed E-state index contributed by atoms with van der Waals surface area (Å²) in [5.74, 6) is 1.16. The van der Waals surface area contributed by atoms with Crippen LogP contribution in [0.3, 0.4) is 0 Å². The average molecular weight is 419 g/mol. The van der Waals surface area contributed by atoms with Crippen LogP contribution >= 0.6 is 0 Å². The molecule has 0 aromatic heterocycles. The smallest absolute Gasteiger partial charge is 0.251 e. The third kappa shape index (κ3) is 4.54. The summed E-state index contributed by atoms with van der Waals surface area (Å²) >= 11 is 0. The number of carbonyl (C=O) groups excluding carboxylic acids is 1. The van der Waals surface area contributed by atoms with Crippen LogP contribution < -0.4 is 14.8 Å². The lowest BCUT2D eigenvalue weighted by molar-refractivity contribution is 0.0950. The molecule has 2 aromatic rings. The molecule has 29 heavy (non-hydrogen) atoms. The second kappa shape index (κ2) is 8.42. The lowest BCUT2D eigenvalue weighted by Crippen LogP contribution is -2.25. The number of nitrogens with one attached hydrogen (secondary N) is 1. The highest BCUT2D eigenvalue weighted by atomic mass is 32.2. The molecule has 1 atom stereocenters. The van der Waals surface area contributed by atoms with Crippen molar-refractivity contribution in [1.29, 1.82) is 0 Å². The number of ether oxygens (including phenoxy) is 2. The Hall–Kier alpha value is -2.58. The van der Waals surface area contributed by atoms with Gasteiger partial charge in [0.05, 0.1) is 11.5 Å². The van der Waals surface area contributed by atoms with E-state index >= 15 is 0 Å². The predicted octanol–water partition coefficient (Wildman–Crippen LogP) is 2.59. The molecule has 0 radical (unpaired) electrons. The summed E-state index contributed by atoms with van der Waals surface area (Å²) in [5, 5.41) is 2.84. The molecule has 2 aromatic carbocycles. The minimum absolute atomic E-state index is 0.0741. The van der Waals surface area contributed by atoms with Crippen molar-refractivity contribution in [3.8, 4) is 11.5 Å². The van der Waals surface area contributed by atoms with Crippen LogP contribution in [-0.2, 0) is 23.0 Å². The van der Waals surface area contributed by atoms with Gasteiger partial charge in [0.1, 0.15) is 17.6 Å². The normalized spacial score (nSPS) is 15.7. The molecule has 0 fully saturated rings. The van der Waals surface area contributed by atoms with Gasteiger partial charge in [-0.3, -0.25) is 4.79 Å². The number of amides is 1. The molecule has 3 rings (SSSR count). The molecule has 1 N–H and O–H groups in total. The Balaban J connectivity index is 1.79. The molecule has 7 nitrogen and oxygen atoms in total. The molecular formula is C21H26N2O5S. The number of nitrogens with zero attached hydrogens (tertiary/aromatic N) is 1. The first kappa shape index (κ1) is 21.1. The number of fused-ring (bicyclic) bond motifs is 1. The van der Waals surface area contributed by atoms with Crippen molar-refractivity contribution in [1.82, 2.24) is 9.62 Å². The van der Waals surface area contributed by atoms with Crippen LogP contribution in [-0.4, -0.2) is 45.4 Å².